The SMILES string of the molecule is Cn1cc(C(=O)CNC(=O)Nc2cn(C(=O)OCC(Cl)(Cl)Cl)c3ccccc23)c2ccccc21. The average Bonchev–Trinajstić information content (AvgIpc) is 3.34. The summed E-state index contributed by atoms with van der Waals surface area (Å²) >= 11 is 16.9. The number of carbonyl (C=O) groups is 3. The average molecular weight is 522 g/mol. The van der Waals surface area contributed by atoms with Crippen molar-refractivity contribution in [2.24, 2.45) is 7.05 Å². The van der Waals surface area contributed by atoms with Crippen LogP contribution in [-0.4, -0.2) is 44.0 Å². The second kappa shape index (κ2) is 9.58. The van der Waals surface area contributed by atoms with Crippen molar-refractivity contribution in [1.82, 2.24) is 14.5 Å². The molecule has 2 N–H and O–H groups in total. The molecule has 0 aliphatic heterocycles. The Morgan fingerprint density at radius 3 is 2.29 bits per heavy atom. The van der Waals surface area contributed by atoms with Crippen LogP contribution in [0.1, 0.15) is 10.4 Å². The fourth-order valence-electron chi connectivity index (χ4n) is 3.63. The highest BCUT2D eigenvalue weighted by atomic mass is 35.6. The summed E-state index contributed by atoms with van der Waals surface area (Å²) in [6.07, 6.45) is 2.36. The van der Waals surface area contributed by atoms with Crippen molar-refractivity contribution >= 4 is 80.2 Å². The summed E-state index contributed by atoms with van der Waals surface area (Å²) in [6, 6.07) is 13.8. The van der Waals surface area contributed by atoms with Gasteiger partial charge in [0.05, 0.1) is 17.7 Å². The van der Waals surface area contributed by atoms with Crippen molar-refractivity contribution in [3.8, 4) is 0 Å². The van der Waals surface area contributed by atoms with Gasteiger partial charge in [-0.05, 0) is 12.1 Å². The third-order valence-electron chi connectivity index (χ3n) is 5.12. The van der Waals surface area contributed by atoms with Crippen LogP contribution in [0.4, 0.5) is 15.3 Å². The molecular weight excluding hydrogens is 503 g/mol. The first-order chi connectivity index (χ1) is 16.1. The molecule has 11 heteroatoms. The lowest BCUT2D eigenvalue weighted by Gasteiger charge is -2.11. The smallest absolute Gasteiger partial charge is 0.418 e. The van der Waals surface area contributed by atoms with Crippen LogP contribution in [0, 0.1) is 0 Å². The van der Waals surface area contributed by atoms with Crippen molar-refractivity contribution in [2.45, 2.75) is 3.79 Å². The number of Topliss-reactive ketones (excluding diaryl/α,β-unsaturated/α-hetero) is 1. The van der Waals surface area contributed by atoms with Gasteiger partial charge < -0.3 is 19.9 Å². The zero-order chi connectivity index (χ0) is 24.5. The van der Waals surface area contributed by atoms with Crippen LogP contribution in [0.5, 0.6) is 0 Å². The highest BCUT2D eigenvalue weighted by molar-refractivity contribution is 6.67. The summed E-state index contributed by atoms with van der Waals surface area (Å²) in [7, 11) is 1.85. The number of urea groups is 1. The lowest BCUT2D eigenvalue weighted by Crippen LogP contribution is -2.33. The first-order valence-electron chi connectivity index (χ1n) is 10.1. The van der Waals surface area contributed by atoms with Crippen LogP contribution in [-0.2, 0) is 11.8 Å². The molecule has 176 valence electrons. The van der Waals surface area contributed by atoms with Gasteiger partial charge in [-0.25, -0.2) is 9.59 Å². The number of aromatic nitrogens is 2. The number of nitrogens with zero attached hydrogens (tertiary/aromatic N) is 2. The largest absolute Gasteiger partial charge is 0.444 e. The first-order valence-corrected chi connectivity index (χ1v) is 11.2. The quantitative estimate of drug-likeness (QED) is 0.268. The Balaban J connectivity index is 1.46. The summed E-state index contributed by atoms with van der Waals surface area (Å²) in [6.45, 7) is -0.647. The van der Waals surface area contributed by atoms with E-state index in [0.717, 1.165) is 10.9 Å². The molecule has 4 aromatic rings. The maximum atomic E-state index is 12.7. The Morgan fingerprint density at radius 2 is 1.59 bits per heavy atom. The van der Waals surface area contributed by atoms with Crippen LogP contribution in [0.25, 0.3) is 21.8 Å². The van der Waals surface area contributed by atoms with Crippen molar-refractivity contribution in [2.75, 3.05) is 18.5 Å². The number of amides is 2. The molecule has 0 spiro atoms. The van der Waals surface area contributed by atoms with Crippen LogP contribution in [0.3, 0.4) is 0 Å². The number of rotatable bonds is 5. The van der Waals surface area contributed by atoms with E-state index >= 15 is 0 Å². The predicted octanol–water partition coefficient (Wildman–Crippen LogP) is 5.49. The van der Waals surface area contributed by atoms with Gasteiger partial charge in [-0.15, -0.1) is 0 Å². The molecule has 8 nitrogen and oxygen atoms in total. The Morgan fingerprint density at radius 1 is 0.941 bits per heavy atom. The number of halogens is 3. The molecule has 0 radical (unpaired) electrons. The number of fused-ring (bicyclic) bond motifs is 2. The fourth-order valence-corrected chi connectivity index (χ4v) is 3.79. The molecule has 0 bridgehead atoms. The molecule has 0 aliphatic rings. The van der Waals surface area contributed by atoms with Gasteiger partial charge >= 0.3 is 12.1 Å². The van der Waals surface area contributed by atoms with Gasteiger partial charge in [-0.1, -0.05) is 71.2 Å². The van der Waals surface area contributed by atoms with E-state index < -0.39 is 22.5 Å². The highest BCUT2D eigenvalue weighted by Crippen LogP contribution is 2.28. The molecule has 0 fully saturated rings. The number of hydrogen-bond donors (Lipinski definition) is 2. The van der Waals surface area contributed by atoms with Crippen molar-refractivity contribution in [3.05, 3.63) is 66.5 Å². The van der Waals surface area contributed by atoms with Crippen LogP contribution in [0.15, 0.2) is 60.9 Å². The van der Waals surface area contributed by atoms with Crippen LogP contribution >= 0.6 is 34.8 Å². The molecule has 2 aromatic carbocycles. The van der Waals surface area contributed by atoms with E-state index in [2.05, 4.69) is 10.6 Å². The van der Waals surface area contributed by atoms with E-state index in [1.54, 1.807) is 30.5 Å². The van der Waals surface area contributed by atoms with Gasteiger partial charge in [-0.2, -0.15) is 0 Å². The Hall–Kier alpha value is -3.20. The third-order valence-corrected chi connectivity index (χ3v) is 5.45. The minimum absolute atomic E-state index is 0.205. The minimum atomic E-state index is -1.75. The normalized spacial score (nSPS) is 11.5. The van der Waals surface area contributed by atoms with Crippen LogP contribution < -0.4 is 10.6 Å². The number of ketones is 1. The molecule has 0 saturated heterocycles. The minimum Gasteiger partial charge on any atom is -0.444 e. The molecule has 4 rings (SSSR count). The number of ether oxygens (including phenoxy) is 1. The number of para-hydroxylation sites is 2. The molecule has 0 aliphatic carbocycles. The van der Waals surface area contributed by atoms with Crippen molar-refractivity contribution in [3.63, 3.8) is 0 Å². The summed E-state index contributed by atoms with van der Waals surface area (Å²) < 4.78 is 6.34. The van der Waals surface area contributed by atoms with Gasteiger partial charge in [0.15, 0.2) is 5.78 Å². The molecule has 34 heavy (non-hydrogen) atoms. The van der Waals surface area contributed by atoms with E-state index in [1.807, 2.05) is 35.9 Å². The number of anilines is 1. The zero-order valence-electron chi connectivity index (χ0n) is 17.8. The summed E-state index contributed by atoms with van der Waals surface area (Å²) in [5.41, 5.74) is 2.27. The maximum absolute atomic E-state index is 12.7. The predicted molar refractivity (Wildman–Crippen MR) is 133 cm³/mol. The van der Waals surface area contributed by atoms with Crippen molar-refractivity contribution in [1.29, 1.82) is 0 Å². The standard InChI is InChI=1S/C23H19Cl3N4O4/c1-29-11-16(14-6-2-4-8-18(14)29)20(31)10-27-21(32)28-17-12-30(19-9-5-3-7-15(17)19)22(33)34-13-23(24,25)26/h2-9,11-12H,10,13H2,1H3,(H2,27,28,32). The van der Waals surface area contributed by atoms with Gasteiger partial charge in [-0.3, -0.25) is 9.36 Å². The third kappa shape index (κ3) is 5.14. The Bertz CT molecular complexity index is 1400. The van der Waals surface area contributed by atoms with E-state index in [9.17, 15) is 14.4 Å². The summed E-state index contributed by atoms with van der Waals surface area (Å²) in [5.74, 6) is -0.232. The van der Waals surface area contributed by atoms with E-state index in [4.69, 9.17) is 39.5 Å². The van der Waals surface area contributed by atoms with E-state index in [1.165, 1.54) is 10.8 Å². The van der Waals surface area contributed by atoms with Gasteiger partial charge in [0.25, 0.3) is 0 Å². The number of hydrogen-bond acceptors (Lipinski definition) is 4. The Kier molecular flexibility index (Phi) is 6.74. The topological polar surface area (TPSA) is 94.4 Å². The first kappa shape index (κ1) is 23.9. The molecule has 0 unspecified atom stereocenters. The summed E-state index contributed by atoms with van der Waals surface area (Å²) in [5, 5.41) is 6.63. The molecule has 0 atom stereocenters. The molecule has 2 aromatic heterocycles. The number of aryl methyl sites for hydroxylation is 1. The summed E-state index contributed by atoms with van der Waals surface area (Å²) in [4.78, 5) is 37.7. The second-order valence-corrected chi connectivity index (χ2v) is 10.0. The molecule has 2 heterocycles. The lowest BCUT2D eigenvalue weighted by molar-refractivity contribution is 0.0994. The molecule has 2 amide bonds. The van der Waals surface area contributed by atoms with Gasteiger partial charge in [0.1, 0.15) is 6.61 Å². The zero-order valence-corrected chi connectivity index (χ0v) is 20.1. The monoisotopic (exact) mass is 520 g/mol. The highest BCUT2D eigenvalue weighted by Gasteiger charge is 2.24. The molecule has 0 saturated carbocycles. The lowest BCUT2D eigenvalue weighted by atomic mass is 10.1. The number of benzene rings is 2. The molecular formula is C23H19Cl3N4O4. The fraction of sp³-hybridized carbons (Fsp3) is 0.174. The second-order valence-electron chi connectivity index (χ2n) is 7.50. The number of carbonyl (C=O) groups excluding carboxylic acids is 3. The van der Waals surface area contributed by atoms with E-state index in [-0.39, 0.29) is 12.3 Å². The van der Waals surface area contributed by atoms with E-state index in [0.29, 0.717) is 22.2 Å². The van der Waals surface area contributed by atoms with Crippen molar-refractivity contribution < 1.29 is 19.1 Å². The Labute approximate surface area is 209 Å². The van der Waals surface area contributed by atoms with Gasteiger partial charge in [0.2, 0.25) is 3.79 Å². The number of alkyl halides is 3. The number of nitrogens with one attached hydrogen (secondary N) is 2. The van der Waals surface area contributed by atoms with Gasteiger partial charge in [0, 0.05) is 41.3 Å². The van der Waals surface area contributed by atoms with Crippen LogP contribution in [0.2, 0.25) is 0 Å². The maximum Gasteiger partial charge on any atom is 0.418 e.